The minimum atomic E-state index is -0.771. The number of nitrogens with zero attached hydrogens (tertiary/aromatic N) is 1. The highest BCUT2D eigenvalue weighted by molar-refractivity contribution is 5.08. The summed E-state index contributed by atoms with van der Waals surface area (Å²) in [5, 5.41) is 19.6. The van der Waals surface area contributed by atoms with Crippen LogP contribution in [0.3, 0.4) is 0 Å². The fourth-order valence-corrected chi connectivity index (χ4v) is 2.51. The van der Waals surface area contributed by atoms with Crippen molar-refractivity contribution in [2.45, 2.75) is 59.0 Å². The number of nitriles is 1. The first-order chi connectivity index (χ1) is 6.82. The minimum absolute atomic E-state index is 0.616. The molecule has 0 heterocycles. The van der Waals surface area contributed by atoms with Crippen LogP contribution < -0.4 is 0 Å². The predicted octanol–water partition coefficient (Wildman–Crippen LogP) is 3.11. The van der Waals surface area contributed by atoms with Crippen molar-refractivity contribution in [3.05, 3.63) is 0 Å². The molecule has 2 heteroatoms. The van der Waals surface area contributed by atoms with Crippen LogP contribution in [-0.4, -0.2) is 10.7 Å². The third kappa shape index (κ3) is 2.34. The molecule has 1 fully saturated rings. The standard InChI is InChI=1S/C13H23NO/c1-10(2)11-5-7-13(15,8-6-11)12(3,4)9-14/h10-11,15H,5-8H2,1-4H3. The van der Waals surface area contributed by atoms with E-state index in [4.69, 9.17) is 5.26 Å². The second-order valence-corrected chi connectivity index (χ2v) is 5.85. The topological polar surface area (TPSA) is 44.0 Å². The van der Waals surface area contributed by atoms with Crippen molar-refractivity contribution in [1.82, 2.24) is 0 Å². The molecular weight excluding hydrogens is 186 g/mol. The largest absolute Gasteiger partial charge is 0.388 e. The van der Waals surface area contributed by atoms with Gasteiger partial charge in [0, 0.05) is 0 Å². The lowest BCUT2D eigenvalue weighted by Crippen LogP contribution is -2.47. The van der Waals surface area contributed by atoms with Crippen molar-refractivity contribution in [2.75, 3.05) is 0 Å². The predicted molar refractivity (Wildman–Crippen MR) is 61.1 cm³/mol. The molecular formula is C13H23NO. The highest BCUT2D eigenvalue weighted by Crippen LogP contribution is 2.44. The molecule has 0 amide bonds. The quantitative estimate of drug-likeness (QED) is 0.759. The SMILES string of the molecule is CC(C)C1CCC(O)(C(C)(C)C#N)CC1. The highest BCUT2D eigenvalue weighted by Gasteiger charge is 2.46. The summed E-state index contributed by atoms with van der Waals surface area (Å²) in [5.74, 6) is 1.42. The van der Waals surface area contributed by atoms with Crippen molar-refractivity contribution >= 4 is 0 Å². The van der Waals surface area contributed by atoms with Crippen LogP contribution in [0.1, 0.15) is 53.4 Å². The van der Waals surface area contributed by atoms with Gasteiger partial charge in [-0.2, -0.15) is 5.26 Å². The molecule has 0 aromatic rings. The molecule has 0 aliphatic heterocycles. The molecule has 0 atom stereocenters. The molecule has 0 bridgehead atoms. The number of hydrogen-bond donors (Lipinski definition) is 1. The second kappa shape index (κ2) is 4.14. The summed E-state index contributed by atoms with van der Waals surface area (Å²) >= 11 is 0. The molecule has 0 unspecified atom stereocenters. The zero-order valence-electron chi connectivity index (χ0n) is 10.4. The first-order valence-electron chi connectivity index (χ1n) is 5.96. The summed E-state index contributed by atoms with van der Waals surface area (Å²) in [7, 11) is 0. The first-order valence-corrected chi connectivity index (χ1v) is 5.96. The Morgan fingerprint density at radius 3 is 2.13 bits per heavy atom. The Labute approximate surface area is 93.3 Å². The van der Waals surface area contributed by atoms with E-state index in [-0.39, 0.29) is 0 Å². The molecule has 1 saturated carbocycles. The number of rotatable bonds is 2. The van der Waals surface area contributed by atoms with E-state index in [1.165, 1.54) is 0 Å². The fraction of sp³-hybridized carbons (Fsp3) is 0.923. The van der Waals surface area contributed by atoms with Crippen LogP contribution >= 0.6 is 0 Å². The lowest BCUT2D eigenvalue weighted by Gasteiger charge is -2.44. The molecule has 0 aromatic heterocycles. The lowest BCUT2D eigenvalue weighted by atomic mass is 9.64. The Balaban J connectivity index is 2.67. The monoisotopic (exact) mass is 209 g/mol. The van der Waals surface area contributed by atoms with Gasteiger partial charge in [-0.05, 0) is 51.4 Å². The summed E-state index contributed by atoms with van der Waals surface area (Å²) in [6.45, 7) is 8.18. The molecule has 1 aliphatic rings. The maximum absolute atomic E-state index is 10.5. The molecule has 2 nitrogen and oxygen atoms in total. The number of hydrogen-bond acceptors (Lipinski definition) is 2. The van der Waals surface area contributed by atoms with Crippen molar-refractivity contribution in [3.8, 4) is 6.07 Å². The molecule has 1 rings (SSSR count). The zero-order valence-corrected chi connectivity index (χ0v) is 10.4. The molecule has 0 saturated heterocycles. The van der Waals surface area contributed by atoms with Crippen LogP contribution in [0.2, 0.25) is 0 Å². The highest BCUT2D eigenvalue weighted by atomic mass is 16.3. The Morgan fingerprint density at radius 2 is 1.80 bits per heavy atom. The zero-order chi connectivity index (χ0) is 11.7. The number of aliphatic hydroxyl groups is 1. The lowest BCUT2D eigenvalue weighted by molar-refractivity contribution is -0.0802. The van der Waals surface area contributed by atoms with Gasteiger partial charge >= 0.3 is 0 Å². The van der Waals surface area contributed by atoms with Gasteiger partial charge in [0.15, 0.2) is 0 Å². The van der Waals surface area contributed by atoms with E-state index in [1.807, 2.05) is 13.8 Å². The second-order valence-electron chi connectivity index (χ2n) is 5.85. The Morgan fingerprint density at radius 1 is 1.33 bits per heavy atom. The van der Waals surface area contributed by atoms with E-state index in [0.29, 0.717) is 5.92 Å². The van der Waals surface area contributed by atoms with Gasteiger partial charge in [0.05, 0.1) is 17.1 Å². The average molecular weight is 209 g/mol. The summed E-state index contributed by atoms with van der Waals surface area (Å²) in [6.07, 6.45) is 3.66. The van der Waals surface area contributed by atoms with Gasteiger partial charge in [0.25, 0.3) is 0 Å². The molecule has 0 radical (unpaired) electrons. The normalized spacial score (nSPS) is 32.7. The van der Waals surface area contributed by atoms with E-state index < -0.39 is 11.0 Å². The molecule has 0 aromatic carbocycles. The van der Waals surface area contributed by atoms with Crippen LogP contribution in [0, 0.1) is 28.6 Å². The van der Waals surface area contributed by atoms with E-state index in [9.17, 15) is 5.11 Å². The van der Waals surface area contributed by atoms with E-state index in [2.05, 4.69) is 19.9 Å². The smallest absolute Gasteiger partial charge is 0.0828 e. The Bertz CT molecular complexity index is 254. The van der Waals surface area contributed by atoms with Gasteiger partial charge in [-0.3, -0.25) is 0 Å². The summed E-state index contributed by atoms with van der Waals surface area (Å²) in [6, 6.07) is 2.25. The van der Waals surface area contributed by atoms with Crippen molar-refractivity contribution in [3.63, 3.8) is 0 Å². The Hall–Kier alpha value is -0.550. The third-order valence-electron chi connectivity index (χ3n) is 4.24. The third-order valence-corrected chi connectivity index (χ3v) is 4.24. The van der Waals surface area contributed by atoms with Crippen LogP contribution in [0.15, 0.2) is 0 Å². The van der Waals surface area contributed by atoms with Crippen molar-refractivity contribution < 1.29 is 5.11 Å². The van der Waals surface area contributed by atoms with Gasteiger partial charge in [-0.25, -0.2) is 0 Å². The molecule has 1 aliphatic carbocycles. The minimum Gasteiger partial charge on any atom is -0.388 e. The summed E-state index contributed by atoms with van der Waals surface area (Å²) in [5.41, 5.74) is -1.39. The van der Waals surface area contributed by atoms with Crippen LogP contribution in [-0.2, 0) is 0 Å². The fourth-order valence-electron chi connectivity index (χ4n) is 2.51. The molecule has 0 spiro atoms. The van der Waals surface area contributed by atoms with E-state index >= 15 is 0 Å². The van der Waals surface area contributed by atoms with E-state index in [1.54, 1.807) is 0 Å². The van der Waals surface area contributed by atoms with Crippen LogP contribution in [0.4, 0.5) is 0 Å². The van der Waals surface area contributed by atoms with Gasteiger partial charge in [0.2, 0.25) is 0 Å². The van der Waals surface area contributed by atoms with Gasteiger partial charge in [-0.15, -0.1) is 0 Å². The summed E-state index contributed by atoms with van der Waals surface area (Å²) in [4.78, 5) is 0. The molecule has 15 heavy (non-hydrogen) atoms. The van der Waals surface area contributed by atoms with Gasteiger partial charge in [-0.1, -0.05) is 13.8 Å². The Kier molecular flexibility index (Phi) is 3.45. The maximum Gasteiger partial charge on any atom is 0.0828 e. The maximum atomic E-state index is 10.5. The van der Waals surface area contributed by atoms with Crippen molar-refractivity contribution in [1.29, 1.82) is 5.26 Å². The van der Waals surface area contributed by atoms with Gasteiger partial charge < -0.3 is 5.11 Å². The van der Waals surface area contributed by atoms with Gasteiger partial charge in [0.1, 0.15) is 0 Å². The first kappa shape index (κ1) is 12.5. The summed E-state index contributed by atoms with van der Waals surface area (Å²) < 4.78 is 0. The van der Waals surface area contributed by atoms with E-state index in [0.717, 1.165) is 31.6 Å². The molecule has 1 N–H and O–H groups in total. The van der Waals surface area contributed by atoms with Crippen LogP contribution in [0.25, 0.3) is 0 Å². The average Bonchev–Trinajstić information content (AvgIpc) is 2.18. The van der Waals surface area contributed by atoms with Crippen molar-refractivity contribution in [2.24, 2.45) is 17.3 Å². The molecule has 86 valence electrons. The van der Waals surface area contributed by atoms with Crippen LogP contribution in [0.5, 0.6) is 0 Å².